The number of aryl methyl sites for hydroxylation is 1. The maximum absolute atomic E-state index is 4.40. The second kappa shape index (κ2) is 3.86. The summed E-state index contributed by atoms with van der Waals surface area (Å²) in [7, 11) is 0. The van der Waals surface area contributed by atoms with E-state index in [0.29, 0.717) is 4.83 Å². The van der Waals surface area contributed by atoms with Crippen LogP contribution in [0.15, 0.2) is 18.2 Å². The molecule has 1 aromatic rings. The van der Waals surface area contributed by atoms with E-state index in [4.69, 9.17) is 0 Å². The summed E-state index contributed by atoms with van der Waals surface area (Å²) in [5, 5.41) is 0. The summed E-state index contributed by atoms with van der Waals surface area (Å²) in [6.45, 7) is 4.16. The van der Waals surface area contributed by atoms with E-state index in [1.165, 1.54) is 0 Å². The first kappa shape index (κ1) is 8.72. The van der Waals surface area contributed by atoms with Gasteiger partial charge in [0.1, 0.15) is 0 Å². The van der Waals surface area contributed by atoms with Gasteiger partial charge in [0.2, 0.25) is 0 Å². The lowest BCUT2D eigenvalue weighted by atomic mass is 10.2. The molecule has 0 saturated carbocycles. The van der Waals surface area contributed by atoms with Crippen LogP contribution in [-0.2, 0) is 0 Å². The third kappa shape index (κ3) is 2.29. The monoisotopic (exact) mass is 213 g/mol. The third-order valence-corrected chi connectivity index (χ3v) is 2.71. The summed E-state index contributed by atoms with van der Waals surface area (Å²) in [6.07, 6.45) is 1.08. The Hall–Kier alpha value is -0.370. The molecule has 0 saturated heterocycles. The predicted molar refractivity (Wildman–Crippen MR) is 50.9 cm³/mol. The first-order valence-electron chi connectivity index (χ1n) is 3.81. The third-order valence-electron chi connectivity index (χ3n) is 1.59. The van der Waals surface area contributed by atoms with Crippen molar-refractivity contribution in [3.05, 3.63) is 29.6 Å². The van der Waals surface area contributed by atoms with E-state index < -0.39 is 0 Å². The largest absolute Gasteiger partial charge is 0.257 e. The molecular formula is C9H12BrN. The quantitative estimate of drug-likeness (QED) is 0.688. The minimum atomic E-state index is 0.405. The van der Waals surface area contributed by atoms with Gasteiger partial charge in [0, 0.05) is 5.69 Å². The Kier molecular flexibility index (Phi) is 3.06. The molecule has 0 fully saturated rings. The first-order valence-corrected chi connectivity index (χ1v) is 4.73. The molecule has 0 aromatic carbocycles. The topological polar surface area (TPSA) is 12.9 Å². The average Bonchev–Trinajstić information content (AvgIpc) is 2.03. The molecule has 1 aromatic heterocycles. The van der Waals surface area contributed by atoms with E-state index in [2.05, 4.69) is 33.9 Å². The van der Waals surface area contributed by atoms with Gasteiger partial charge >= 0.3 is 0 Å². The number of rotatable bonds is 2. The minimum Gasteiger partial charge on any atom is -0.257 e. The molecular weight excluding hydrogens is 202 g/mol. The molecule has 0 radical (unpaired) electrons. The van der Waals surface area contributed by atoms with Crippen LogP contribution in [0.2, 0.25) is 0 Å². The molecule has 11 heavy (non-hydrogen) atoms. The smallest absolute Gasteiger partial charge is 0.0565 e. The van der Waals surface area contributed by atoms with Gasteiger partial charge in [-0.05, 0) is 25.5 Å². The van der Waals surface area contributed by atoms with Crippen LogP contribution in [0, 0.1) is 6.92 Å². The van der Waals surface area contributed by atoms with E-state index in [-0.39, 0.29) is 0 Å². The Morgan fingerprint density at radius 3 is 2.82 bits per heavy atom. The number of hydrogen-bond donors (Lipinski definition) is 0. The number of hydrogen-bond acceptors (Lipinski definition) is 1. The zero-order valence-electron chi connectivity index (χ0n) is 6.84. The van der Waals surface area contributed by atoms with Crippen LogP contribution in [0.3, 0.4) is 0 Å². The fourth-order valence-electron chi connectivity index (χ4n) is 0.948. The van der Waals surface area contributed by atoms with Gasteiger partial charge in [-0.15, -0.1) is 0 Å². The summed E-state index contributed by atoms with van der Waals surface area (Å²) in [4.78, 5) is 4.80. The molecule has 1 heterocycles. The molecule has 60 valence electrons. The normalized spacial score (nSPS) is 13.0. The van der Waals surface area contributed by atoms with Crippen LogP contribution in [-0.4, -0.2) is 4.98 Å². The molecule has 0 aliphatic heterocycles. The van der Waals surface area contributed by atoms with Crippen molar-refractivity contribution in [3.8, 4) is 0 Å². The highest BCUT2D eigenvalue weighted by molar-refractivity contribution is 9.09. The van der Waals surface area contributed by atoms with Crippen LogP contribution in [0.1, 0.15) is 29.6 Å². The minimum absolute atomic E-state index is 0.405. The van der Waals surface area contributed by atoms with Crippen molar-refractivity contribution in [2.45, 2.75) is 25.1 Å². The Morgan fingerprint density at radius 1 is 1.55 bits per heavy atom. The van der Waals surface area contributed by atoms with E-state index in [9.17, 15) is 0 Å². The highest BCUT2D eigenvalue weighted by atomic mass is 79.9. The molecule has 2 heteroatoms. The second-order valence-electron chi connectivity index (χ2n) is 2.58. The van der Waals surface area contributed by atoms with Gasteiger partial charge in [-0.1, -0.05) is 28.9 Å². The van der Waals surface area contributed by atoms with Gasteiger partial charge in [-0.3, -0.25) is 4.98 Å². The number of alkyl halides is 1. The lowest BCUT2D eigenvalue weighted by Crippen LogP contribution is -1.93. The Morgan fingerprint density at radius 2 is 2.27 bits per heavy atom. The molecule has 0 aliphatic rings. The Labute approximate surface area is 76.0 Å². The van der Waals surface area contributed by atoms with E-state index >= 15 is 0 Å². The maximum atomic E-state index is 4.40. The van der Waals surface area contributed by atoms with Crippen LogP contribution in [0.25, 0.3) is 0 Å². The zero-order chi connectivity index (χ0) is 8.27. The fourth-order valence-corrected chi connectivity index (χ4v) is 1.20. The Balaban J connectivity index is 2.86. The summed E-state index contributed by atoms with van der Waals surface area (Å²) in [6, 6.07) is 6.11. The van der Waals surface area contributed by atoms with Crippen LogP contribution in [0.4, 0.5) is 0 Å². The van der Waals surface area contributed by atoms with Crippen molar-refractivity contribution in [2.75, 3.05) is 0 Å². The number of pyridine rings is 1. The van der Waals surface area contributed by atoms with Crippen molar-refractivity contribution in [2.24, 2.45) is 0 Å². The van der Waals surface area contributed by atoms with Gasteiger partial charge in [-0.2, -0.15) is 0 Å². The fraction of sp³-hybridized carbons (Fsp3) is 0.444. The van der Waals surface area contributed by atoms with Crippen LogP contribution >= 0.6 is 15.9 Å². The van der Waals surface area contributed by atoms with Crippen molar-refractivity contribution >= 4 is 15.9 Å². The van der Waals surface area contributed by atoms with E-state index in [1.54, 1.807) is 0 Å². The summed E-state index contributed by atoms with van der Waals surface area (Å²) in [5.41, 5.74) is 2.22. The molecule has 1 unspecified atom stereocenters. The lowest BCUT2D eigenvalue weighted by molar-refractivity contribution is 0.865. The highest BCUT2D eigenvalue weighted by Gasteiger charge is 2.04. The van der Waals surface area contributed by atoms with Crippen LogP contribution in [0.5, 0.6) is 0 Å². The van der Waals surface area contributed by atoms with E-state index in [0.717, 1.165) is 17.8 Å². The number of nitrogens with zero attached hydrogens (tertiary/aromatic N) is 1. The van der Waals surface area contributed by atoms with Gasteiger partial charge in [0.15, 0.2) is 0 Å². The first-order chi connectivity index (χ1) is 5.24. The highest BCUT2D eigenvalue weighted by Crippen LogP contribution is 2.23. The molecule has 0 spiro atoms. The zero-order valence-corrected chi connectivity index (χ0v) is 8.43. The molecule has 1 nitrogen and oxygen atoms in total. The van der Waals surface area contributed by atoms with Crippen molar-refractivity contribution < 1.29 is 0 Å². The van der Waals surface area contributed by atoms with Gasteiger partial charge in [0.05, 0.1) is 10.5 Å². The maximum Gasteiger partial charge on any atom is 0.0565 e. The molecule has 0 amide bonds. The van der Waals surface area contributed by atoms with Crippen molar-refractivity contribution in [3.63, 3.8) is 0 Å². The average molecular weight is 214 g/mol. The Bertz CT molecular complexity index is 235. The van der Waals surface area contributed by atoms with E-state index in [1.807, 2.05) is 19.1 Å². The summed E-state index contributed by atoms with van der Waals surface area (Å²) >= 11 is 3.56. The van der Waals surface area contributed by atoms with Gasteiger partial charge in [-0.25, -0.2) is 0 Å². The number of halogens is 1. The molecule has 0 bridgehead atoms. The van der Waals surface area contributed by atoms with Gasteiger partial charge < -0.3 is 0 Å². The molecule has 1 rings (SSSR count). The van der Waals surface area contributed by atoms with Gasteiger partial charge in [0.25, 0.3) is 0 Å². The second-order valence-corrected chi connectivity index (χ2v) is 3.68. The summed E-state index contributed by atoms with van der Waals surface area (Å²) < 4.78 is 0. The van der Waals surface area contributed by atoms with Crippen molar-refractivity contribution in [1.82, 2.24) is 4.98 Å². The summed E-state index contributed by atoms with van der Waals surface area (Å²) in [5.74, 6) is 0. The molecule has 0 N–H and O–H groups in total. The van der Waals surface area contributed by atoms with Crippen molar-refractivity contribution in [1.29, 1.82) is 0 Å². The molecule has 0 aliphatic carbocycles. The van der Waals surface area contributed by atoms with Crippen LogP contribution < -0.4 is 0 Å². The lowest BCUT2D eigenvalue weighted by Gasteiger charge is -2.05. The predicted octanol–water partition coefficient (Wildman–Crippen LogP) is 3.24. The molecule has 1 atom stereocenters. The standard InChI is InChI=1S/C9H12BrN/c1-3-8(10)9-6-4-5-7(2)11-9/h4-6,8H,3H2,1-2H3. The SMILES string of the molecule is CCC(Br)c1cccc(C)n1. The number of aromatic nitrogens is 1.